The summed E-state index contributed by atoms with van der Waals surface area (Å²) in [5.41, 5.74) is 3.57. The molecule has 2 heterocycles. The molecule has 0 bridgehead atoms. The van der Waals surface area contributed by atoms with Crippen molar-refractivity contribution in [1.29, 1.82) is 0 Å². The molecule has 1 N–H and O–H groups in total. The minimum atomic E-state index is -0.582. The predicted octanol–water partition coefficient (Wildman–Crippen LogP) is 4.19. The Hall–Kier alpha value is -2.69. The number of ether oxygens (including phenoxy) is 1. The summed E-state index contributed by atoms with van der Waals surface area (Å²) in [6.45, 7) is 3.91. The van der Waals surface area contributed by atoms with E-state index < -0.39 is 5.25 Å². The molecule has 0 aromatic heterocycles. The molecule has 2 amide bonds. The number of nitrogens with zero attached hydrogens (tertiary/aromatic N) is 3. The molecule has 1 saturated heterocycles. The van der Waals surface area contributed by atoms with E-state index in [9.17, 15) is 9.59 Å². The molecule has 4 rings (SSSR count). The number of aliphatic imine (C=N–C) groups is 2. The van der Waals surface area contributed by atoms with Gasteiger partial charge in [-0.3, -0.25) is 14.5 Å². The van der Waals surface area contributed by atoms with Gasteiger partial charge in [-0.15, -0.1) is 0 Å². The van der Waals surface area contributed by atoms with Gasteiger partial charge in [0.1, 0.15) is 15.9 Å². The van der Waals surface area contributed by atoms with E-state index >= 15 is 0 Å². The number of methoxy groups -OCH3 is 1. The lowest BCUT2D eigenvalue weighted by atomic mass is 10.1. The van der Waals surface area contributed by atoms with Crippen LogP contribution in [0.2, 0.25) is 0 Å². The zero-order chi connectivity index (χ0) is 22.8. The molecule has 1 fully saturated rings. The van der Waals surface area contributed by atoms with Crippen molar-refractivity contribution in [2.45, 2.75) is 19.1 Å². The van der Waals surface area contributed by atoms with Crippen LogP contribution in [-0.4, -0.2) is 45.3 Å². The number of nitrogens with one attached hydrogen (secondary N) is 1. The van der Waals surface area contributed by atoms with Crippen molar-refractivity contribution in [2.24, 2.45) is 9.98 Å². The quantitative estimate of drug-likeness (QED) is 0.637. The fraction of sp³-hybridized carbons (Fsp3) is 0.227. The minimum Gasteiger partial charge on any atom is -0.497 e. The molecule has 0 aliphatic carbocycles. The average molecular weight is 485 g/mol. The third-order valence-electron chi connectivity index (χ3n) is 4.82. The van der Waals surface area contributed by atoms with Crippen LogP contribution in [0.5, 0.6) is 5.75 Å². The lowest BCUT2D eigenvalue weighted by molar-refractivity contribution is -0.116. The predicted molar refractivity (Wildman–Crippen MR) is 136 cm³/mol. The summed E-state index contributed by atoms with van der Waals surface area (Å²) in [6.07, 6.45) is 0. The zero-order valence-electron chi connectivity index (χ0n) is 17.6. The van der Waals surface area contributed by atoms with Crippen LogP contribution in [0, 0.1) is 13.8 Å². The van der Waals surface area contributed by atoms with E-state index in [1.54, 1.807) is 12.0 Å². The molecule has 1 unspecified atom stereocenters. The van der Waals surface area contributed by atoms with E-state index in [1.165, 1.54) is 11.8 Å². The van der Waals surface area contributed by atoms with Gasteiger partial charge in [0.2, 0.25) is 5.91 Å². The van der Waals surface area contributed by atoms with Crippen molar-refractivity contribution >= 4 is 74.3 Å². The van der Waals surface area contributed by atoms with Crippen LogP contribution in [0.25, 0.3) is 0 Å². The van der Waals surface area contributed by atoms with Crippen molar-refractivity contribution in [1.82, 2.24) is 0 Å². The van der Waals surface area contributed by atoms with Crippen LogP contribution in [0.15, 0.2) is 52.4 Å². The molecule has 164 valence electrons. The number of hydrogen-bond donors (Lipinski definition) is 1. The number of fused-ring (bicyclic) bond motifs is 1. The van der Waals surface area contributed by atoms with Crippen LogP contribution in [0.3, 0.4) is 0 Å². The number of anilines is 2. The molecular weight excluding hydrogens is 464 g/mol. The first-order chi connectivity index (χ1) is 15.4. The molecular formula is C22H20N4O3S3. The van der Waals surface area contributed by atoms with E-state index in [1.807, 2.05) is 56.3 Å². The maximum atomic E-state index is 12.6. The molecule has 2 aromatic rings. The standard InChI is InChI=1S/C22H20N4O3S3/c1-12-7-8-13(2)16(9-12)23-17(27)11-31-21-24-19-18(20(28)25-21)32-22(30)26(19)14-5-4-6-15(10-14)29-3/h4-10,18H,11H2,1-3H3,(H,23,27). The summed E-state index contributed by atoms with van der Waals surface area (Å²) in [5.74, 6) is 0.739. The first kappa shape index (κ1) is 22.5. The maximum Gasteiger partial charge on any atom is 0.269 e. The highest BCUT2D eigenvalue weighted by atomic mass is 32.2. The van der Waals surface area contributed by atoms with Crippen LogP contribution in [0.1, 0.15) is 11.1 Å². The van der Waals surface area contributed by atoms with Crippen molar-refractivity contribution < 1.29 is 14.3 Å². The second-order valence-corrected chi connectivity index (χ2v) is 9.84. The Morgan fingerprint density at radius 3 is 2.84 bits per heavy atom. The largest absolute Gasteiger partial charge is 0.497 e. The Bertz CT molecular complexity index is 1180. The fourth-order valence-corrected chi connectivity index (χ4v) is 5.26. The van der Waals surface area contributed by atoms with Gasteiger partial charge in [0.15, 0.2) is 10.4 Å². The number of carbonyl (C=O) groups excluding carboxylic acids is 2. The number of amidine groups is 2. The van der Waals surface area contributed by atoms with Crippen molar-refractivity contribution in [3.63, 3.8) is 0 Å². The topological polar surface area (TPSA) is 83.4 Å². The Labute approximate surface area is 199 Å². The average Bonchev–Trinajstić information content (AvgIpc) is 3.11. The molecule has 0 saturated carbocycles. The molecule has 7 nitrogen and oxygen atoms in total. The van der Waals surface area contributed by atoms with Crippen molar-refractivity contribution in [3.05, 3.63) is 53.6 Å². The number of aryl methyl sites for hydroxylation is 2. The van der Waals surface area contributed by atoms with Gasteiger partial charge < -0.3 is 10.1 Å². The molecule has 10 heteroatoms. The number of amides is 2. The Kier molecular flexibility index (Phi) is 6.63. The van der Waals surface area contributed by atoms with Gasteiger partial charge in [0, 0.05) is 11.8 Å². The van der Waals surface area contributed by atoms with Gasteiger partial charge in [0.25, 0.3) is 5.91 Å². The smallest absolute Gasteiger partial charge is 0.269 e. The summed E-state index contributed by atoms with van der Waals surface area (Å²) in [4.78, 5) is 35.5. The van der Waals surface area contributed by atoms with Crippen LogP contribution in [-0.2, 0) is 9.59 Å². The Balaban J connectivity index is 1.50. The number of benzene rings is 2. The second kappa shape index (κ2) is 9.43. The number of carbonyl (C=O) groups is 2. The summed E-state index contributed by atoms with van der Waals surface area (Å²) < 4.78 is 5.82. The molecule has 0 spiro atoms. The van der Waals surface area contributed by atoms with Gasteiger partial charge in [-0.25, -0.2) is 4.99 Å². The van der Waals surface area contributed by atoms with Crippen LogP contribution in [0.4, 0.5) is 11.4 Å². The molecule has 0 radical (unpaired) electrons. The van der Waals surface area contributed by atoms with Crippen molar-refractivity contribution in [3.8, 4) is 5.75 Å². The SMILES string of the molecule is COc1cccc(N2C(=S)SC3C(=O)N=C(SCC(=O)Nc4cc(C)ccc4C)N=C32)c1. The maximum absolute atomic E-state index is 12.6. The molecule has 2 aliphatic rings. The fourth-order valence-electron chi connectivity index (χ4n) is 3.20. The molecule has 2 aliphatic heterocycles. The van der Waals surface area contributed by atoms with Crippen molar-refractivity contribution in [2.75, 3.05) is 23.1 Å². The first-order valence-electron chi connectivity index (χ1n) is 9.71. The van der Waals surface area contributed by atoms with Crippen LogP contribution < -0.4 is 15.0 Å². The molecule has 32 heavy (non-hydrogen) atoms. The Morgan fingerprint density at radius 1 is 1.25 bits per heavy atom. The second-order valence-electron chi connectivity index (χ2n) is 7.16. The van der Waals surface area contributed by atoms with Gasteiger partial charge in [-0.2, -0.15) is 4.99 Å². The lowest BCUT2D eigenvalue weighted by Crippen LogP contribution is -2.37. The van der Waals surface area contributed by atoms with Gasteiger partial charge >= 0.3 is 0 Å². The highest BCUT2D eigenvalue weighted by Gasteiger charge is 2.43. The van der Waals surface area contributed by atoms with E-state index in [0.29, 0.717) is 15.9 Å². The monoisotopic (exact) mass is 484 g/mol. The first-order valence-corrected chi connectivity index (χ1v) is 12.0. The lowest BCUT2D eigenvalue weighted by Gasteiger charge is -2.21. The minimum absolute atomic E-state index is 0.0810. The number of thiocarbonyl (C=S) groups is 1. The summed E-state index contributed by atoms with van der Waals surface area (Å²) >= 11 is 7.87. The van der Waals surface area contributed by atoms with E-state index in [0.717, 1.165) is 34.3 Å². The number of hydrogen-bond acceptors (Lipinski definition) is 7. The van der Waals surface area contributed by atoms with Crippen LogP contribution >= 0.6 is 35.7 Å². The Morgan fingerprint density at radius 2 is 2.06 bits per heavy atom. The molecule has 1 atom stereocenters. The normalized spacial score (nSPS) is 17.6. The highest BCUT2D eigenvalue weighted by molar-refractivity contribution is 8.25. The molecule has 2 aromatic carbocycles. The summed E-state index contributed by atoms with van der Waals surface area (Å²) in [6, 6.07) is 13.3. The van der Waals surface area contributed by atoms with Gasteiger partial charge in [-0.05, 0) is 43.2 Å². The van der Waals surface area contributed by atoms with Gasteiger partial charge in [-0.1, -0.05) is 53.9 Å². The zero-order valence-corrected chi connectivity index (χ0v) is 20.1. The van der Waals surface area contributed by atoms with E-state index in [4.69, 9.17) is 17.0 Å². The summed E-state index contributed by atoms with van der Waals surface area (Å²) in [5, 5.41) is 2.57. The number of rotatable bonds is 5. The number of thioether (sulfide) groups is 2. The third-order valence-corrected chi connectivity index (χ3v) is 7.17. The van der Waals surface area contributed by atoms with Gasteiger partial charge in [0.05, 0.1) is 18.6 Å². The highest BCUT2D eigenvalue weighted by Crippen LogP contribution is 2.37. The van der Waals surface area contributed by atoms with E-state index in [-0.39, 0.29) is 22.7 Å². The summed E-state index contributed by atoms with van der Waals surface area (Å²) in [7, 11) is 1.59. The third kappa shape index (κ3) is 4.72. The van der Waals surface area contributed by atoms with E-state index in [2.05, 4.69) is 15.3 Å².